The van der Waals surface area contributed by atoms with Gasteiger partial charge in [0.15, 0.2) is 0 Å². The molecule has 0 spiro atoms. The Bertz CT molecular complexity index is 838. The molecular formula is C16H13N3O3. The van der Waals surface area contributed by atoms with Crippen LogP contribution in [0.4, 0.5) is 5.69 Å². The number of nitro groups is 1. The van der Waals surface area contributed by atoms with Crippen molar-refractivity contribution in [3.8, 4) is 22.8 Å². The van der Waals surface area contributed by atoms with Gasteiger partial charge in [0, 0.05) is 23.3 Å². The van der Waals surface area contributed by atoms with Gasteiger partial charge in [-0.2, -0.15) is 4.98 Å². The van der Waals surface area contributed by atoms with Gasteiger partial charge in [0.25, 0.3) is 11.6 Å². The third-order valence-electron chi connectivity index (χ3n) is 3.52. The molecule has 0 aliphatic rings. The quantitative estimate of drug-likeness (QED) is 0.540. The summed E-state index contributed by atoms with van der Waals surface area (Å²) in [7, 11) is 0. The lowest BCUT2D eigenvalue weighted by atomic mass is 10.1. The molecular weight excluding hydrogens is 282 g/mol. The van der Waals surface area contributed by atoms with Crippen LogP contribution in [0.1, 0.15) is 11.1 Å². The second-order valence-electron chi connectivity index (χ2n) is 5.03. The third-order valence-corrected chi connectivity index (χ3v) is 3.52. The van der Waals surface area contributed by atoms with Gasteiger partial charge in [-0.15, -0.1) is 0 Å². The summed E-state index contributed by atoms with van der Waals surface area (Å²) in [5.74, 6) is 0.833. The molecule has 0 radical (unpaired) electrons. The monoisotopic (exact) mass is 295 g/mol. The number of rotatable bonds is 3. The van der Waals surface area contributed by atoms with Crippen LogP contribution >= 0.6 is 0 Å². The number of benzene rings is 2. The SMILES string of the molecule is Cc1ccc(-c2nc(-c3ccc([N+](=O)[O-])cc3)no2)cc1C. The predicted molar refractivity (Wildman–Crippen MR) is 81.3 cm³/mol. The van der Waals surface area contributed by atoms with E-state index in [-0.39, 0.29) is 5.69 Å². The number of hydrogen-bond acceptors (Lipinski definition) is 5. The highest BCUT2D eigenvalue weighted by molar-refractivity contribution is 5.61. The summed E-state index contributed by atoms with van der Waals surface area (Å²) < 4.78 is 5.28. The average molecular weight is 295 g/mol. The van der Waals surface area contributed by atoms with Gasteiger partial charge >= 0.3 is 0 Å². The molecule has 0 aliphatic heterocycles. The molecule has 0 aliphatic carbocycles. The first-order valence-electron chi connectivity index (χ1n) is 6.71. The lowest BCUT2D eigenvalue weighted by molar-refractivity contribution is -0.384. The van der Waals surface area contributed by atoms with Crippen molar-refractivity contribution in [1.82, 2.24) is 10.1 Å². The molecule has 0 fully saturated rings. The Morgan fingerprint density at radius 1 is 1.00 bits per heavy atom. The van der Waals surface area contributed by atoms with Crippen molar-refractivity contribution in [2.24, 2.45) is 0 Å². The van der Waals surface area contributed by atoms with E-state index in [9.17, 15) is 10.1 Å². The van der Waals surface area contributed by atoms with Gasteiger partial charge < -0.3 is 4.52 Å². The van der Waals surface area contributed by atoms with Crippen molar-refractivity contribution in [3.63, 3.8) is 0 Å². The molecule has 0 atom stereocenters. The number of nitrogens with zero attached hydrogens (tertiary/aromatic N) is 3. The summed E-state index contributed by atoms with van der Waals surface area (Å²) in [5, 5.41) is 14.6. The third kappa shape index (κ3) is 2.58. The van der Waals surface area contributed by atoms with Gasteiger partial charge in [-0.05, 0) is 49.2 Å². The largest absolute Gasteiger partial charge is 0.334 e. The van der Waals surface area contributed by atoms with Crippen molar-refractivity contribution in [2.75, 3.05) is 0 Å². The lowest BCUT2D eigenvalue weighted by Crippen LogP contribution is -1.88. The number of nitro benzene ring substituents is 1. The van der Waals surface area contributed by atoms with E-state index < -0.39 is 4.92 Å². The predicted octanol–water partition coefficient (Wildman–Crippen LogP) is 3.93. The fourth-order valence-electron chi connectivity index (χ4n) is 2.06. The Labute approximate surface area is 126 Å². The van der Waals surface area contributed by atoms with Gasteiger partial charge in [0.05, 0.1) is 4.92 Å². The second kappa shape index (κ2) is 5.40. The molecule has 0 bridgehead atoms. The molecule has 1 aromatic heterocycles. The normalized spacial score (nSPS) is 10.6. The van der Waals surface area contributed by atoms with Gasteiger partial charge in [0.1, 0.15) is 0 Å². The van der Waals surface area contributed by atoms with Gasteiger partial charge in [-0.25, -0.2) is 0 Å². The van der Waals surface area contributed by atoms with Crippen LogP contribution < -0.4 is 0 Å². The number of hydrogen-bond donors (Lipinski definition) is 0. The zero-order valence-electron chi connectivity index (χ0n) is 12.1. The molecule has 0 N–H and O–H groups in total. The second-order valence-corrected chi connectivity index (χ2v) is 5.03. The van der Waals surface area contributed by atoms with Crippen LogP contribution in [-0.4, -0.2) is 15.1 Å². The molecule has 3 aromatic rings. The van der Waals surface area contributed by atoms with E-state index in [1.165, 1.54) is 17.7 Å². The highest BCUT2D eigenvalue weighted by Gasteiger charge is 2.12. The Kier molecular flexibility index (Phi) is 3.42. The molecule has 0 unspecified atom stereocenters. The van der Waals surface area contributed by atoms with Crippen LogP contribution in [0, 0.1) is 24.0 Å². The van der Waals surface area contributed by atoms with Gasteiger partial charge in [0.2, 0.25) is 5.82 Å². The number of aromatic nitrogens is 2. The van der Waals surface area contributed by atoms with E-state index in [0.29, 0.717) is 17.3 Å². The molecule has 2 aromatic carbocycles. The standard InChI is InChI=1S/C16H13N3O3/c1-10-3-4-13(9-11(10)2)16-17-15(18-22-16)12-5-7-14(8-6-12)19(20)21/h3-9H,1-2H3. The van der Waals surface area contributed by atoms with Crippen LogP contribution in [-0.2, 0) is 0 Å². The topological polar surface area (TPSA) is 82.1 Å². The van der Waals surface area contributed by atoms with Gasteiger partial charge in [-0.1, -0.05) is 11.2 Å². The summed E-state index contributed by atoms with van der Waals surface area (Å²) in [6.45, 7) is 4.06. The zero-order valence-corrected chi connectivity index (χ0v) is 12.1. The van der Waals surface area contributed by atoms with Crippen LogP contribution in [0.5, 0.6) is 0 Å². The Morgan fingerprint density at radius 2 is 1.68 bits per heavy atom. The Hall–Kier alpha value is -3.02. The van der Waals surface area contributed by atoms with E-state index in [1.54, 1.807) is 12.1 Å². The Balaban J connectivity index is 1.93. The van der Waals surface area contributed by atoms with Crippen LogP contribution in [0.15, 0.2) is 47.0 Å². The fourth-order valence-corrected chi connectivity index (χ4v) is 2.06. The van der Waals surface area contributed by atoms with E-state index in [1.807, 2.05) is 32.0 Å². The minimum Gasteiger partial charge on any atom is -0.334 e. The molecule has 6 heteroatoms. The minimum atomic E-state index is -0.444. The summed E-state index contributed by atoms with van der Waals surface area (Å²) in [5.41, 5.74) is 3.89. The molecule has 3 rings (SSSR count). The van der Waals surface area contributed by atoms with E-state index in [0.717, 1.165) is 11.1 Å². The summed E-state index contributed by atoms with van der Waals surface area (Å²) >= 11 is 0. The Morgan fingerprint density at radius 3 is 2.32 bits per heavy atom. The first-order valence-corrected chi connectivity index (χ1v) is 6.71. The van der Waals surface area contributed by atoms with Crippen molar-refractivity contribution in [3.05, 3.63) is 63.7 Å². The first-order chi connectivity index (χ1) is 10.5. The lowest BCUT2D eigenvalue weighted by Gasteiger charge is -2.00. The maximum absolute atomic E-state index is 10.7. The van der Waals surface area contributed by atoms with E-state index >= 15 is 0 Å². The van der Waals surface area contributed by atoms with Crippen LogP contribution in [0.25, 0.3) is 22.8 Å². The van der Waals surface area contributed by atoms with Crippen molar-refractivity contribution in [2.45, 2.75) is 13.8 Å². The van der Waals surface area contributed by atoms with E-state index in [2.05, 4.69) is 10.1 Å². The fraction of sp³-hybridized carbons (Fsp3) is 0.125. The minimum absolute atomic E-state index is 0.0293. The maximum Gasteiger partial charge on any atom is 0.269 e. The smallest absolute Gasteiger partial charge is 0.269 e. The van der Waals surface area contributed by atoms with Crippen molar-refractivity contribution >= 4 is 5.69 Å². The molecule has 0 saturated carbocycles. The maximum atomic E-state index is 10.7. The summed E-state index contributed by atoms with van der Waals surface area (Å²) in [4.78, 5) is 14.6. The molecule has 22 heavy (non-hydrogen) atoms. The number of aryl methyl sites for hydroxylation is 2. The van der Waals surface area contributed by atoms with Gasteiger partial charge in [-0.3, -0.25) is 10.1 Å². The van der Waals surface area contributed by atoms with E-state index in [4.69, 9.17) is 4.52 Å². The molecule has 1 heterocycles. The van der Waals surface area contributed by atoms with Crippen LogP contribution in [0.3, 0.4) is 0 Å². The van der Waals surface area contributed by atoms with Crippen LogP contribution in [0.2, 0.25) is 0 Å². The van der Waals surface area contributed by atoms with Crippen molar-refractivity contribution in [1.29, 1.82) is 0 Å². The summed E-state index contributed by atoms with van der Waals surface area (Å²) in [6.07, 6.45) is 0. The highest BCUT2D eigenvalue weighted by atomic mass is 16.6. The molecule has 0 amide bonds. The summed E-state index contributed by atoms with van der Waals surface area (Å²) in [6, 6.07) is 12.0. The first kappa shape index (κ1) is 13.9. The molecule has 6 nitrogen and oxygen atoms in total. The molecule has 0 saturated heterocycles. The highest BCUT2D eigenvalue weighted by Crippen LogP contribution is 2.25. The molecule has 110 valence electrons. The number of non-ortho nitro benzene ring substituents is 1. The average Bonchev–Trinajstić information content (AvgIpc) is 3.00. The van der Waals surface area contributed by atoms with Crippen molar-refractivity contribution < 1.29 is 9.45 Å². The zero-order chi connectivity index (χ0) is 15.7.